The largest absolute Gasteiger partial charge is 0.599 e. The Bertz CT molecular complexity index is 1130. The maximum Gasteiger partial charge on any atom is 0.0555 e. The summed E-state index contributed by atoms with van der Waals surface area (Å²) in [5.41, 5.74) is 5.33. The zero-order valence-corrected chi connectivity index (χ0v) is 95.3. The second kappa shape index (κ2) is 85.2. The summed E-state index contributed by atoms with van der Waals surface area (Å²) in [6.07, 6.45) is 4.80. The first-order chi connectivity index (χ1) is 12.4. The standard InChI is InChI=1S/C21H14N3O.24Y/c1-2-6-15(7-3-1)13-24-19-9-5-4-8-18(19)21-20(24)10-16(11-22-21)17-12-23-25-14-17;;;;;;;;;;;;;;;;;;;;;;;;/h1-11,13-14,17H;;;;;;;;;;;;;;;;;;;;;;;;/q-3;;;;;;;;;;;;;;;;;;;;;;;;. The molecule has 2 aromatic heterocycles. The minimum absolute atomic E-state index is 0. The fourth-order valence-electron chi connectivity index (χ4n) is 3.23. The second-order valence-electron chi connectivity index (χ2n) is 6.00. The Kier molecular flexibility index (Phi) is 233. The fraction of sp³-hybridized carbons (Fsp3) is 0.0476. The molecule has 4 aromatic rings. The van der Waals surface area contributed by atoms with Gasteiger partial charge in [-0.2, -0.15) is 6.61 Å². The van der Waals surface area contributed by atoms with Crippen LogP contribution in [0.4, 0.5) is 0 Å². The van der Waals surface area contributed by atoms with Crippen molar-refractivity contribution in [1.82, 2.24) is 9.55 Å². The predicted molar refractivity (Wildman–Crippen MR) is 98.0 cm³/mol. The van der Waals surface area contributed by atoms with Crippen LogP contribution in [-0.2, 0) is 790 Å². The van der Waals surface area contributed by atoms with Crippen LogP contribution >= 0.6 is 0 Å². The van der Waals surface area contributed by atoms with Crippen LogP contribution in [0.25, 0.3) is 21.9 Å². The molecule has 0 N–H and O–H groups in total. The molecule has 4 nitrogen and oxygen atoms in total. The van der Waals surface area contributed by atoms with Crippen LogP contribution in [0.15, 0.2) is 72.0 Å². The van der Waals surface area contributed by atoms with Gasteiger partial charge < -0.3 is 20.8 Å². The summed E-state index contributed by atoms with van der Waals surface area (Å²) in [7, 11) is 0. The molecule has 0 bridgehead atoms. The average molecular weight is 2460 g/mol. The molecule has 49 heavy (non-hydrogen) atoms. The van der Waals surface area contributed by atoms with Crippen LogP contribution < -0.4 is 0 Å². The van der Waals surface area contributed by atoms with E-state index in [2.05, 4.69) is 58.9 Å². The number of aromatic nitrogens is 2. The molecule has 24 radical (unpaired) electrons. The minimum atomic E-state index is -0.0833. The van der Waals surface area contributed by atoms with Gasteiger partial charge in [-0.15, -0.1) is 17.7 Å². The third kappa shape index (κ3) is 50.5. The van der Waals surface area contributed by atoms with Crippen LogP contribution in [0.1, 0.15) is 17.0 Å². The summed E-state index contributed by atoms with van der Waals surface area (Å²) in [6.45, 7) is 3.81. The van der Waals surface area contributed by atoms with E-state index in [9.17, 15) is 0 Å². The van der Waals surface area contributed by atoms with Crippen molar-refractivity contribution in [2.24, 2.45) is 5.16 Å². The van der Waals surface area contributed by atoms with Crippen LogP contribution in [0.3, 0.4) is 0 Å². The maximum absolute atomic E-state index is 4.95. The van der Waals surface area contributed by atoms with Crippen molar-refractivity contribution in [2.75, 3.05) is 0 Å². The quantitative estimate of drug-likeness (QED) is 0.287. The van der Waals surface area contributed by atoms with Crippen molar-refractivity contribution >= 4 is 28.2 Å². The van der Waals surface area contributed by atoms with Crippen molar-refractivity contribution in [3.8, 4) is 0 Å². The van der Waals surface area contributed by atoms with Gasteiger partial charge in [0.25, 0.3) is 0 Å². The van der Waals surface area contributed by atoms with Gasteiger partial charge in [0.15, 0.2) is 0 Å². The number of hydrogen-bond donors (Lipinski definition) is 0. The fourth-order valence-corrected chi connectivity index (χ4v) is 3.23. The minimum Gasteiger partial charge on any atom is -0.599 e. The van der Waals surface area contributed by atoms with Crippen LogP contribution in [0.5, 0.6) is 0 Å². The molecule has 0 saturated heterocycles. The Balaban J connectivity index is -0.0000000195. The van der Waals surface area contributed by atoms with E-state index in [0.29, 0.717) is 0 Å². The Morgan fingerprint density at radius 3 is 1.41 bits per heavy atom. The van der Waals surface area contributed by atoms with Gasteiger partial charge in [0.2, 0.25) is 0 Å². The molecule has 1 atom stereocenters. The maximum atomic E-state index is 4.95. The summed E-state index contributed by atoms with van der Waals surface area (Å²) < 4.78 is 2.20. The number of fused-ring (bicyclic) bond motifs is 3. The van der Waals surface area contributed by atoms with Crippen molar-refractivity contribution in [3.05, 3.63) is 91.1 Å². The van der Waals surface area contributed by atoms with Gasteiger partial charge in [-0.1, -0.05) is 60.6 Å². The van der Waals surface area contributed by atoms with E-state index < -0.39 is 0 Å². The molecule has 0 spiro atoms. The number of benzene rings is 2. The third-order valence-corrected chi connectivity index (χ3v) is 4.45. The first kappa shape index (κ1) is 134. The van der Waals surface area contributed by atoms with Crippen molar-refractivity contribution in [1.29, 1.82) is 0 Å². The number of hydrogen-bond acceptors (Lipinski definition) is 3. The van der Waals surface area contributed by atoms with E-state index >= 15 is 0 Å². The summed E-state index contributed by atoms with van der Waals surface area (Å²) in [6, 6.07) is 20.8. The van der Waals surface area contributed by atoms with Crippen molar-refractivity contribution < 1.29 is 790 Å². The molecule has 1 aliphatic rings. The van der Waals surface area contributed by atoms with E-state index in [4.69, 9.17) is 9.82 Å². The summed E-state index contributed by atoms with van der Waals surface area (Å²) in [5.74, 6) is -0.0833. The first-order valence-corrected chi connectivity index (χ1v) is 8.13. The van der Waals surface area contributed by atoms with Gasteiger partial charge in [-0.05, 0) is 10.9 Å². The summed E-state index contributed by atoms with van der Waals surface area (Å²) >= 11 is 0. The molecule has 28 heteroatoms. The van der Waals surface area contributed by atoms with Crippen LogP contribution in [0, 0.1) is 13.2 Å². The summed E-state index contributed by atoms with van der Waals surface area (Å²) in [5, 5.41) is 4.85. The van der Waals surface area contributed by atoms with E-state index in [1.807, 2.05) is 30.5 Å². The van der Waals surface area contributed by atoms with E-state index in [1.165, 1.54) is 0 Å². The Morgan fingerprint density at radius 2 is 0.980 bits per heavy atom. The molecule has 3 heterocycles. The van der Waals surface area contributed by atoms with Crippen LogP contribution in [0.2, 0.25) is 0 Å². The molecule has 1 aliphatic heterocycles. The van der Waals surface area contributed by atoms with Gasteiger partial charge in [0.05, 0.1) is 5.52 Å². The second-order valence-corrected chi connectivity index (χ2v) is 6.00. The molecular weight excluding hydrogens is 2440 g/mol. The Labute approximate surface area is 898 Å². The third-order valence-electron chi connectivity index (χ3n) is 4.45. The molecule has 0 fully saturated rings. The topological polar surface area (TPSA) is 39.4 Å². The normalized spacial score (nSPS) is 8.37. The smallest absolute Gasteiger partial charge is 0.0555 e. The number of pyridine rings is 1. The molecule has 5 rings (SSSR count). The number of nitrogens with zero attached hydrogens (tertiary/aromatic N) is 3. The van der Waals surface area contributed by atoms with Crippen molar-refractivity contribution in [2.45, 2.75) is 5.92 Å². The molecule has 2 aromatic carbocycles. The first-order valence-electron chi connectivity index (χ1n) is 8.13. The van der Waals surface area contributed by atoms with Gasteiger partial charge in [-0.3, -0.25) is 4.98 Å². The SMILES string of the molecule is [C-]1=NO[CH-]C1c1cnc2c3ccccc3n([CH-]c3ccccc3)c2c1.[Y].[Y].[Y].[Y].[Y].[Y].[Y].[Y].[Y].[Y].[Y].[Y].[Y].[Y].[Y].[Y].[Y].[Y].[Y].[Y].[Y].[Y].[Y].[Y]. The molecule has 1 unspecified atom stereocenters. The Hall–Kier alpha value is 23.2. The molecule has 0 saturated carbocycles. The Morgan fingerprint density at radius 1 is 0.551 bits per heavy atom. The molecular formula is C21H14N3OY24-3. The van der Waals surface area contributed by atoms with E-state index in [-0.39, 0.29) is 791 Å². The van der Waals surface area contributed by atoms with E-state index in [1.54, 1.807) is 6.61 Å². The zero-order valence-electron chi connectivity index (χ0n) is 27.2. The molecule has 194 valence electrons. The van der Waals surface area contributed by atoms with Crippen LogP contribution in [-0.4, -0.2) is 15.8 Å². The van der Waals surface area contributed by atoms with Gasteiger partial charge in [-0.25, -0.2) is 5.92 Å². The number of para-hydroxylation sites is 1. The summed E-state index contributed by atoms with van der Waals surface area (Å²) in [4.78, 5) is 9.67. The average Bonchev–Trinajstić information content (AvgIpc) is 3.30. The van der Waals surface area contributed by atoms with Gasteiger partial charge in [0, 0.05) is 797 Å². The van der Waals surface area contributed by atoms with Crippen molar-refractivity contribution in [3.63, 3.8) is 0 Å². The van der Waals surface area contributed by atoms with E-state index in [0.717, 1.165) is 33.1 Å². The number of rotatable bonds is 3. The van der Waals surface area contributed by atoms with Gasteiger partial charge in [0.1, 0.15) is 0 Å². The monoisotopic (exact) mass is 2460 g/mol. The zero-order chi connectivity index (χ0) is 16.6. The predicted octanol–water partition coefficient (Wildman–Crippen LogP) is 4.33. The molecule has 0 aliphatic carbocycles. The van der Waals surface area contributed by atoms with Gasteiger partial charge >= 0.3 is 0 Å². The molecule has 0 amide bonds.